The van der Waals surface area contributed by atoms with Gasteiger partial charge < -0.3 is 11.1 Å². The summed E-state index contributed by atoms with van der Waals surface area (Å²) in [6.07, 6.45) is 1.74. The summed E-state index contributed by atoms with van der Waals surface area (Å²) >= 11 is 0. The fraction of sp³-hybridized carbons (Fsp3) is 0.500. The van der Waals surface area contributed by atoms with Gasteiger partial charge in [0, 0.05) is 11.6 Å². The zero-order chi connectivity index (χ0) is 11.5. The molecular formula is C12H17ClF2N2. The molecule has 1 saturated heterocycles. The second kappa shape index (κ2) is 6.28. The zero-order valence-corrected chi connectivity index (χ0v) is 10.3. The highest BCUT2D eigenvalue weighted by molar-refractivity contribution is 5.85. The maximum atomic E-state index is 13.5. The fourth-order valence-corrected chi connectivity index (χ4v) is 2.27. The lowest BCUT2D eigenvalue weighted by atomic mass is 9.86. The van der Waals surface area contributed by atoms with Crippen LogP contribution in [0.1, 0.15) is 24.4 Å². The number of hydrogen-bond donors (Lipinski definition) is 2. The number of rotatable bonds is 2. The minimum absolute atomic E-state index is 0. The van der Waals surface area contributed by atoms with Crippen LogP contribution < -0.4 is 11.1 Å². The summed E-state index contributed by atoms with van der Waals surface area (Å²) < 4.78 is 27.0. The molecule has 0 aliphatic carbocycles. The average molecular weight is 263 g/mol. The first-order valence-electron chi connectivity index (χ1n) is 5.60. The van der Waals surface area contributed by atoms with Crippen molar-refractivity contribution in [2.45, 2.75) is 18.9 Å². The quantitative estimate of drug-likeness (QED) is 0.859. The molecule has 1 fully saturated rings. The van der Waals surface area contributed by atoms with Crippen molar-refractivity contribution in [3.05, 3.63) is 35.4 Å². The van der Waals surface area contributed by atoms with Gasteiger partial charge in [0.1, 0.15) is 11.6 Å². The van der Waals surface area contributed by atoms with Crippen LogP contribution in [0, 0.1) is 17.6 Å². The van der Waals surface area contributed by atoms with Gasteiger partial charge in [0.25, 0.3) is 0 Å². The second-order valence-electron chi connectivity index (χ2n) is 4.25. The van der Waals surface area contributed by atoms with Crippen LogP contribution in [-0.2, 0) is 0 Å². The monoisotopic (exact) mass is 262 g/mol. The predicted molar refractivity (Wildman–Crippen MR) is 66.1 cm³/mol. The van der Waals surface area contributed by atoms with Crippen LogP contribution in [-0.4, -0.2) is 13.1 Å². The van der Waals surface area contributed by atoms with Crippen molar-refractivity contribution in [3.63, 3.8) is 0 Å². The molecule has 1 heterocycles. The van der Waals surface area contributed by atoms with Gasteiger partial charge in [0.2, 0.25) is 0 Å². The molecule has 0 spiro atoms. The summed E-state index contributed by atoms with van der Waals surface area (Å²) in [4.78, 5) is 0. The fourth-order valence-electron chi connectivity index (χ4n) is 2.27. The summed E-state index contributed by atoms with van der Waals surface area (Å²) in [6, 6.07) is 3.35. The van der Waals surface area contributed by atoms with Gasteiger partial charge in [0.05, 0.1) is 0 Å². The Morgan fingerprint density at radius 1 is 1.18 bits per heavy atom. The molecule has 0 aromatic heterocycles. The molecule has 3 N–H and O–H groups in total. The Morgan fingerprint density at radius 2 is 1.71 bits per heavy atom. The molecule has 2 rings (SSSR count). The van der Waals surface area contributed by atoms with E-state index in [-0.39, 0.29) is 23.9 Å². The summed E-state index contributed by atoms with van der Waals surface area (Å²) in [6.45, 7) is 1.74. The van der Waals surface area contributed by atoms with E-state index in [1.54, 1.807) is 0 Å². The molecule has 5 heteroatoms. The Hall–Kier alpha value is -0.710. The van der Waals surface area contributed by atoms with E-state index in [1.807, 2.05) is 0 Å². The number of hydrogen-bond acceptors (Lipinski definition) is 2. The van der Waals surface area contributed by atoms with Gasteiger partial charge in [-0.3, -0.25) is 0 Å². The van der Waals surface area contributed by atoms with E-state index >= 15 is 0 Å². The van der Waals surface area contributed by atoms with Gasteiger partial charge in [-0.25, -0.2) is 8.78 Å². The van der Waals surface area contributed by atoms with Crippen LogP contribution in [0.4, 0.5) is 8.78 Å². The van der Waals surface area contributed by atoms with Crippen molar-refractivity contribution in [2.75, 3.05) is 13.1 Å². The molecule has 17 heavy (non-hydrogen) atoms. The molecule has 96 valence electrons. The van der Waals surface area contributed by atoms with E-state index in [1.165, 1.54) is 18.2 Å². The Kier molecular flexibility index (Phi) is 5.31. The minimum Gasteiger partial charge on any atom is -0.324 e. The molecule has 0 unspecified atom stereocenters. The number of piperidine rings is 1. The highest BCUT2D eigenvalue weighted by Gasteiger charge is 2.26. The maximum Gasteiger partial charge on any atom is 0.130 e. The summed E-state index contributed by atoms with van der Waals surface area (Å²) in [5.41, 5.74) is 6.00. The Labute approximate surface area is 106 Å². The largest absolute Gasteiger partial charge is 0.324 e. The van der Waals surface area contributed by atoms with E-state index in [0.717, 1.165) is 25.9 Å². The molecule has 0 saturated carbocycles. The Morgan fingerprint density at radius 3 is 2.24 bits per heavy atom. The topological polar surface area (TPSA) is 38.0 Å². The van der Waals surface area contributed by atoms with Crippen molar-refractivity contribution in [2.24, 2.45) is 11.7 Å². The first kappa shape index (κ1) is 14.4. The van der Waals surface area contributed by atoms with Gasteiger partial charge in [0.15, 0.2) is 0 Å². The van der Waals surface area contributed by atoms with Gasteiger partial charge in [-0.2, -0.15) is 0 Å². The van der Waals surface area contributed by atoms with E-state index in [4.69, 9.17) is 5.73 Å². The summed E-state index contributed by atoms with van der Waals surface area (Å²) in [5, 5.41) is 3.21. The Balaban J connectivity index is 0.00000144. The van der Waals surface area contributed by atoms with Crippen molar-refractivity contribution in [1.29, 1.82) is 0 Å². The molecule has 0 bridgehead atoms. The van der Waals surface area contributed by atoms with Gasteiger partial charge >= 0.3 is 0 Å². The lowest BCUT2D eigenvalue weighted by Crippen LogP contribution is -2.34. The van der Waals surface area contributed by atoms with Crippen molar-refractivity contribution >= 4 is 12.4 Å². The molecule has 1 aliphatic heterocycles. The molecule has 1 aromatic rings. The number of nitrogens with two attached hydrogens (primary N) is 1. The van der Waals surface area contributed by atoms with Gasteiger partial charge in [-0.05, 0) is 44.0 Å². The van der Waals surface area contributed by atoms with E-state index < -0.39 is 17.7 Å². The van der Waals surface area contributed by atoms with E-state index in [9.17, 15) is 8.78 Å². The average Bonchev–Trinajstić information content (AvgIpc) is 2.30. The van der Waals surface area contributed by atoms with Crippen molar-refractivity contribution in [1.82, 2.24) is 5.32 Å². The first-order chi connectivity index (χ1) is 7.70. The minimum atomic E-state index is -0.539. The van der Waals surface area contributed by atoms with Crippen LogP contribution in [0.25, 0.3) is 0 Å². The van der Waals surface area contributed by atoms with Crippen LogP contribution in [0.15, 0.2) is 18.2 Å². The summed E-state index contributed by atoms with van der Waals surface area (Å²) in [5.74, 6) is -0.912. The van der Waals surface area contributed by atoms with Crippen LogP contribution in [0.2, 0.25) is 0 Å². The molecule has 0 radical (unpaired) electrons. The molecule has 1 aromatic carbocycles. The zero-order valence-electron chi connectivity index (χ0n) is 9.46. The van der Waals surface area contributed by atoms with Crippen LogP contribution in [0.5, 0.6) is 0 Å². The third-order valence-corrected chi connectivity index (χ3v) is 3.22. The number of benzene rings is 1. The normalized spacial score (nSPS) is 18.5. The predicted octanol–water partition coefficient (Wildman–Crippen LogP) is 2.39. The highest BCUT2D eigenvalue weighted by atomic mass is 35.5. The second-order valence-corrected chi connectivity index (χ2v) is 4.25. The van der Waals surface area contributed by atoms with Crippen molar-refractivity contribution in [3.8, 4) is 0 Å². The third kappa shape index (κ3) is 3.15. The first-order valence-corrected chi connectivity index (χ1v) is 5.60. The lowest BCUT2D eigenvalue weighted by molar-refractivity contribution is 0.311. The smallest absolute Gasteiger partial charge is 0.130 e. The highest BCUT2D eigenvalue weighted by Crippen LogP contribution is 2.29. The maximum absolute atomic E-state index is 13.5. The summed E-state index contributed by atoms with van der Waals surface area (Å²) in [7, 11) is 0. The molecule has 1 aliphatic rings. The lowest BCUT2D eigenvalue weighted by Gasteiger charge is -2.28. The van der Waals surface area contributed by atoms with Gasteiger partial charge in [-0.1, -0.05) is 6.07 Å². The van der Waals surface area contributed by atoms with E-state index in [2.05, 4.69) is 5.32 Å². The van der Waals surface area contributed by atoms with Crippen LogP contribution in [0.3, 0.4) is 0 Å². The molecular weight excluding hydrogens is 246 g/mol. The van der Waals surface area contributed by atoms with Gasteiger partial charge in [-0.15, -0.1) is 12.4 Å². The third-order valence-electron chi connectivity index (χ3n) is 3.22. The standard InChI is InChI=1S/C12H16F2N2.ClH/c13-9-2-1-3-10(14)11(9)12(15)8-4-6-16-7-5-8;/h1-3,8,12,16H,4-7,15H2;1H/t12-;/m1./s1. The number of halogens is 3. The molecule has 0 amide bonds. The number of nitrogens with one attached hydrogen (secondary N) is 1. The van der Waals surface area contributed by atoms with E-state index in [0.29, 0.717) is 0 Å². The molecule has 2 nitrogen and oxygen atoms in total. The van der Waals surface area contributed by atoms with Crippen molar-refractivity contribution < 1.29 is 8.78 Å². The SMILES string of the molecule is Cl.N[C@@H](c1c(F)cccc1F)C1CCNCC1. The van der Waals surface area contributed by atoms with Crippen LogP contribution >= 0.6 is 12.4 Å². The molecule has 1 atom stereocenters. The Bertz CT molecular complexity index is 347.